The zero-order valence-electron chi connectivity index (χ0n) is 7.36. The van der Waals surface area contributed by atoms with Crippen LogP contribution in [0.5, 0.6) is 0 Å². The van der Waals surface area contributed by atoms with Gasteiger partial charge in [0.1, 0.15) is 12.6 Å². The van der Waals surface area contributed by atoms with E-state index in [0.29, 0.717) is 11.8 Å². The van der Waals surface area contributed by atoms with Crippen LogP contribution in [0.2, 0.25) is 0 Å². The molecule has 0 spiro atoms. The highest BCUT2D eigenvalue weighted by molar-refractivity contribution is 5.79. The Morgan fingerprint density at radius 1 is 1.08 bits per heavy atom. The monoisotopic (exact) mass is 174 g/mol. The molecule has 2 nitrogen and oxygen atoms in total. The summed E-state index contributed by atoms with van der Waals surface area (Å²) >= 11 is 0. The van der Waals surface area contributed by atoms with E-state index in [0.717, 1.165) is 17.4 Å². The van der Waals surface area contributed by atoms with Gasteiger partial charge in [-0.05, 0) is 36.3 Å². The Kier molecular flexibility index (Phi) is 3.15. The maximum absolute atomic E-state index is 10.5. The van der Waals surface area contributed by atoms with Gasteiger partial charge in [-0.1, -0.05) is 12.1 Å². The van der Waals surface area contributed by atoms with Crippen LogP contribution in [0.25, 0.3) is 6.08 Å². The minimum Gasteiger partial charge on any atom is -0.299 e. The summed E-state index contributed by atoms with van der Waals surface area (Å²) in [6, 6.07) is 5.44. The quantitative estimate of drug-likeness (QED) is 0.519. The van der Waals surface area contributed by atoms with Crippen LogP contribution in [-0.2, 0) is 4.79 Å². The van der Waals surface area contributed by atoms with Gasteiger partial charge in [-0.3, -0.25) is 9.59 Å². The number of aldehydes is 2. The van der Waals surface area contributed by atoms with Crippen LogP contribution in [0, 0.1) is 6.92 Å². The average molecular weight is 174 g/mol. The van der Waals surface area contributed by atoms with Gasteiger partial charge in [-0.2, -0.15) is 0 Å². The maximum atomic E-state index is 10.5. The summed E-state index contributed by atoms with van der Waals surface area (Å²) in [4.78, 5) is 20.6. The molecule has 1 aromatic carbocycles. The molecule has 66 valence electrons. The lowest BCUT2D eigenvalue weighted by atomic mass is 10.1. The fourth-order valence-electron chi connectivity index (χ4n) is 1.16. The predicted octanol–water partition coefficient (Wildman–Crippen LogP) is 2.02. The van der Waals surface area contributed by atoms with Gasteiger partial charge in [0.05, 0.1) is 0 Å². The van der Waals surface area contributed by atoms with Crippen molar-refractivity contribution in [2.45, 2.75) is 6.92 Å². The summed E-state index contributed by atoms with van der Waals surface area (Å²) in [6.07, 6.45) is 4.59. The van der Waals surface area contributed by atoms with Crippen molar-refractivity contribution in [1.82, 2.24) is 0 Å². The Bertz CT molecular complexity index is 351. The predicted molar refractivity (Wildman–Crippen MR) is 51.7 cm³/mol. The molecule has 0 saturated heterocycles. The average Bonchev–Trinajstić information content (AvgIpc) is 2.14. The van der Waals surface area contributed by atoms with Gasteiger partial charge in [0, 0.05) is 5.56 Å². The highest BCUT2D eigenvalue weighted by Gasteiger charge is 1.94. The number of allylic oxidation sites excluding steroid dienone is 1. The first kappa shape index (κ1) is 9.39. The van der Waals surface area contributed by atoms with Crippen molar-refractivity contribution in [3.8, 4) is 0 Å². The normalized spacial score (nSPS) is 10.2. The molecular formula is C11H10O2. The van der Waals surface area contributed by atoms with E-state index < -0.39 is 0 Å². The topological polar surface area (TPSA) is 34.1 Å². The Morgan fingerprint density at radius 3 is 2.38 bits per heavy atom. The largest absolute Gasteiger partial charge is 0.299 e. The zero-order chi connectivity index (χ0) is 9.68. The van der Waals surface area contributed by atoms with Crippen LogP contribution in [0.3, 0.4) is 0 Å². The molecule has 13 heavy (non-hydrogen) atoms. The highest BCUT2D eigenvalue weighted by atomic mass is 16.1. The molecule has 0 aliphatic carbocycles. The number of carbonyl (C=O) groups excluding carboxylic acids is 2. The summed E-state index contributed by atoms with van der Waals surface area (Å²) in [5.74, 6) is 0. The van der Waals surface area contributed by atoms with E-state index >= 15 is 0 Å². The van der Waals surface area contributed by atoms with Gasteiger partial charge in [-0.25, -0.2) is 0 Å². The maximum Gasteiger partial charge on any atom is 0.150 e. The molecule has 0 aliphatic heterocycles. The van der Waals surface area contributed by atoms with Gasteiger partial charge in [0.15, 0.2) is 0 Å². The van der Waals surface area contributed by atoms with Crippen LogP contribution >= 0.6 is 0 Å². The first-order chi connectivity index (χ1) is 6.26. The number of aryl methyl sites for hydroxylation is 1. The van der Waals surface area contributed by atoms with Crippen LogP contribution in [0.1, 0.15) is 21.5 Å². The minimum absolute atomic E-state index is 0.630. The number of benzene rings is 1. The molecule has 1 aromatic rings. The van der Waals surface area contributed by atoms with Gasteiger partial charge >= 0.3 is 0 Å². The molecule has 0 amide bonds. The van der Waals surface area contributed by atoms with E-state index in [1.54, 1.807) is 18.2 Å². The summed E-state index contributed by atoms with van der Waals surface area (Å²) in [5.41, 5.74) is 2.51. The Balaban J connectivity index is 3.07. The Morgan fingerprint density at radius 2 is 1.77 bits per heavy atom. The molecule has 0 saturated carbocycles. The molecule has 0 radical (unpaired) electrons. The third-order valence-electron chi connectivity index (χ3n) is 1.63. The lowest BCUT2D eigenvalue weighted by Crippen LogP contribution is -1.84. The first-order valence-corrected chi connectivity index (χ1v) is 3.95. The van der Waals surface area contributed by atoms with E-state index in [-0.39, 0.29) is 0 Å². The highest BCUT2D eigenvalue weighted by Crippen LogP contribution is 2.09. The smallest absolute Gasteiger partial charge is 0.150 e. The minimum atomic E-state index is 0.630. The van der Waals surface area contributed by atoms with Crippen LogP contribution in [0.4, 0.5) is 0 Å². The summed E-state index contributed by atoms with van der Waals surface area (Å²) < 4.78 is 0. The van der Waals surface area contributed by atoms with E-state index in [4.69, 9.17) is 0 Å². The third-order valence-corrected chi connectivity index (χ3v) is 1.63. The molecule has 0 bridgehead atoms. The molecule has 0 heterocycles. The van der Waals surface area contributed by atoms with Gasteiger partial charge < -0.3 is 0 Å². The fraction of sp³-hybridized carbons (Fsp3) is 0.0909. The van der Waals surface area contributed by atoms with E-state index in [1.165, 1.54) is 6.08 Å². The third kappa shape index (κ3) is 2.67. The standard InChI is InChI=1S/C11H10O2/c1-9-5-10(3-2-4-12)7-11(6-9)8-13/h2-8H,1H3. The van der Waals surface area contributed by atoms with Crippen LogP contribution in [0.15, 0.2) is 24.3 Å². The van der Waals surface area contributed by atoms with E-state index in [1.807, 2.05) is 13.0 Å². The van der Waals surface area contributed by atoms with Crippen molar-refractivity contribution in [1.29, 1.82) is 0 Å². The van der Waals surface area contributed by atoms with Crippen molar-refractivity contribution in [3.63, 3.8) is 0 Å². The summed E-state index contributed by atoms with van der Waals surface area (Å²) in [6.45, 7) is 1.91. The molecule has 0 fully saturated rings. The fourth-order valence-corrected chi connectivity index (χ4v) is 1.16. The molecule has 2 heteroatoms. The zero-order valence-corrected chi connectivity index (χ0v) is 7.36. The van der Waals surface area contributed by atoms with Crippen molar-refractivity contribution in [3.05, 3.63) is 41.0 Å². The Labute approximate surface area is 76.9 Å². The lowest BCUT2D eigenvalue weighted by Gasteiger charge is -1.97. The number of hydrogen-bond donors (Lipinski definition) is 0. The van der Waals surface area contributed by atoms with E-state index in [2.05, 4.69) is 0 Å². The van der Waals surface area contributed by atoms with Crippen molar-refractivity contribution in [2.75, 3.05) is 0 Å². The van der Waals surface area contributed by atoms with Gasteiger partial charge in [-0.15, -0.1) is 0 Å². The molecule has 0 unspecified atom stereocenters. The lowest BCUT2D eigenvalue weighted by molar-refractivity contribution is -0.104. The number of carbonyl (C=O) groups is 2. The Hall–Kier alpha value is -1.70. The molecular weight excluding hydrogens is 164 g/mol. The summed E-state index contributed by atoms with van der Waals surface area (Å²) in [5, 5.41) is 0. The molecule has 0 aliphatic rings. The first-order valence-electron chi connectivity index (χ1n) is 3.95. The number of rotatable bonds is 3. The summed E-state index contributed by atoms with van der Waals surface area (Å²) in [7, 11) is 0. The second-order valence-electron chi connectivity index (χ2n) is 2.79. The second kappa shape index (κ2) is 4.36. The van der Waals surface area contributed by atoms with Gasteiger partial charge in [0.2, 0.25) is 0 Å². The molecule has 0 N–H and O–H groups in total. The SMILES string of the molecule is Cc1cc(C=O)cc(C=CC=O)c1. The molecule has 0 atom stereocenters. The van der Waals surface area contributed by atoms with Crippen molar-refractivity contribution in [2.24, 2.45) is 0 Å². The van der Waals surface area contributed by atoms with Crippen LogP contribution < -0.4 is 0 Å². The van der Waals surface area contributed by atoms with Crippen molar-refractivity contribution < 1.29 is 9.59 Å². The van der Waals surface area contributed by atoms with E-state index in [9.17, 15) is 9.59 Å². The van der Waals surface area contributed by atoms with Gasteiger partial charge in [0.25, 0.3) is 0 Å². The molecule has 1 rings (SSSR count). The molecule has 0 aromatic heterocycles. The van der Waals surface area contributed by atoms with Crippen molar-refractivity contribution >= 4 is 18.6 Å². The number of hydrogen-bond acceptors (Lipinski definition) is 2. The second-order valence-corrected chi connectivity index (χ2v) is 2.79. The van der Waals surface area contributed by atoms with Crippen LogP contribution in [-0.4, -0.2) is 12.6 Å².